The maximum absolute atomic E-state index is 13.5. The molecular weight excluding hydrogens is 413 g/mol. The molecule has 9 nitrogen and oxygen atoms in total. The van der Waals surface area contributed by atoms with Gasteiger partial charge < -0.3 is 10.1 Å². The maximum Gasteiger partial charge on any atom is 0.417 e. The molecule has 1 aliphatic heterocycles. The maximum atomic E-state index is 13.5. The summed E-state index contributed by atoms with van der Waals surface area (Å²) in [7, 11) is 0. The van der Waals surface area contributed by atoms with Crippen molar-refractivity contribution < 1.29 is 13.9 Å². The van der Waals surface area contributed by atoms with Crippen LogP contribution in [0.1, 0.15) is 38.2 Å². The van der Waals surface area contributed by atoms with E-state index in [9.17, 15) is 9.18 Å². The molecule has 0 spiro atoms. The number of nitrogens with zero attached hydrogens (tertiary/aromatic N) is 6. The zero-order chi connectivity index (χ0) is 22.8. The van der Waals surface area contributed by atoms with Crippen LogP contribution in [0.3, 0.4) is 0 Å². The molecule has 3 aromatic rings. The summed E-state index contributed by atoms with van der Waals surface area (Å²) in [6.45, 7) is 7.91. The highest BCUT2D eigenvalue weighted by atomic mass is 19.1. The molecule has 1 fully saturated rings. The molecule has 1 saturated heterocycles. The van der Waals surface area contributed by atoms with Crippen molar-refractivity contribution in [3.8, 4) is 11.1 Å². The SMILES string of the molecule is Cc1cc(-c2cnc(C(C)Nc3ncnc(N4C(=O)OC[C@@H]4C(C)C)n3)nc2)ccc1F. The van der Waals surface area contributed by atoms with E-state index in [-0.39, 0.29) is 29.8 Å². The van der Waals surface area contributed by atoms with Crippen molar-refractivity contribution in [1.29, 1.82) is 0 Å². The lowest BCUT2D eigenvalue weighted by atomic mass is 10.1. The Morgan fingerprint density at radius 1 is 1.12 bits per heavy atom. The predicted octanol–water partition coefficient (Wildman–Crippen LogP) is 3.93. The quantitative estimate of drug-likeness (QED) is 0.618. The number of nitrogens with one attached hydrogen (secondary N) is 1. The highest BCUT2D eigenvalue weighted by Gasteiger charge is 2.38. The fourth-order valence-electron chi connectivity index (χ4n) is 3.42. The summed E-state index contributed by atoms with van der Waals surface area (Å²) >= 11 is 0. The molecular formula is C22H24FN7O2. The second-order valence-corrected chi connectivity index (χ2v) is 8.03. The van der Waals surface area contributed by atoms with E-state index >= 15 is 0 Å². The van der Waals surface area contributed by atoms with E-state index in [0.29, 0.717) is 23.9 Å². The Kier molecular flexibility index (Phi) is 5.93. The Bertz CT molecular complexity index is 1120. The van der Waals surface area contributed by atoms with Gasteiger partial charge in [0.2, 0.25) is 11.9 Å². The van der Waals surface area contributed by atoms with Gasteiger partial charge in [-0.05, 0) is 43.0 Å². The van der Waals surface area contributed by atoms with E-state index in [0.717, 1.165) is 11.1 Å². The third-order valence-electron chi connectivity index (χ3n) is 5.35. The third-order valence-corrected chi connectivity index (χ3v) is 5.35. The van der Waals surface area contributed by atoms with Crippen LogP contribution in [0.2, 0.25) is 0 Å². The van der Waals surface area contributed by atoms with Crippen LogP contribution in [0.15, 0.2) is 36.9 Å². The lowest BCUT2D eigenvalue weighted by Crippen LogP contribution is -2.38. The first kappa shape index (κ1) is 21.5. The van der Waals surface area contributed by atoms with Gasteiger partial charge in [-0.1, -0.05) is 19.9 Å². The van der Waals surface area contributed by atoms with Crippen LogP contribution in [-0.4, -0.2) is 43.7 Å². The third kappa shape index (κ3) is 4.34. The van der Waals surface area contributed by atoms with Gasteiger partial charge in [0.15, 0.2) is 0 Å². The summed E-state index contributed by atoms with van der Waals surface area (Å²) in [5, 5.41) is 3.14. The monoisotopic (exact) mass is 437 g/mol. The number of carbonyl (C=O) groups excluding carboxylic acids is 1. The van der Waals surface area contributed by atoms with Crippen LogP contribution in [-0.2, 0) is 4.74 Å². The van der Waals surface area contributed by atoms with Crippen molar-refractivity contribution >= 4 is 18.0 Å². The van der Waals surface area contributed by atoms with Crippen molar-refractivity contribution in [3.63, 3.8) is 0 Å². The highest BCUT2D eigenvalue weighted by Crippen LogP contribution is 2.25. The first-order valence-corrected chi connectivity index (χ1v) is 10.3. The van der Waals surface area contributed by atoms with E-state index in [1.54, 1.807) is 31.5 Å². The molecule has 2 aromatic heterocycles. The average molecular weight is 437 g/mol. The molecule has 1 unspecified atom stereocenters. The van der Waals surface area contributed by atoms with E-state index in [1.807, 2.05) is 20.8 Å². The minimum atomic E-state index is -0.469. The van der Waals surface area contributed by atoms with Gasteiger partial charge in [-0.3, -0.25) is 0 Å². The smallest absolute Gasteiger partial charge is 0.417 e. The number of hydrogen-bond acceptors (Lipinski definition) is 8. The second-order valence-electron chi connectivity index (χ2n) is 8.03. The van der Waals surface area contributed by atoms with Gasteiger partial charge in [0.1, 0.15) is 24.6 Å². The number of anilines is 2. The summed E-state index contributed by atoms with van der Waals surface area (Å²) in [6, 6.07) is 4.45. The lowest BCUT2D eigenvalue weighted by Gasteiger charge is -2.22. The topological polar surface area (TPSA) is 106 Å². The van der Waals surface area contributed by atoms with Gasteiger partial charge in [0, 0.05) is 18.0 Å². The minimum Gasteiger partial charge on any atom is -0.447 e. The van der Waals surface area contributed by atoms with Crippen LogP contribution in [0.5, 0.6) is 0 Å². The summed E-state index contributed by atoms with van der Waals surface area (Å²) in [5.41, 5.74) is 2.20. The molecule has 0 bridgehead atoms. The van der Waals surface area contributed by atoms with E-state index < -0.39 is 6.09 Å². The van der Waals surface area contributed by atoms with Crippen LogP contribution in [0.4, 0.5) is 21.1 Å². The molecule has 166 valence electrons. The Labute approximate surface area is 185 Å². The molecule has 1 aromatic carbocycles. The number of carbonyl (C=O) groups is 1. The number of cyclic esters (lactones) is 1. The number of amides is 1. The molecule has 1 N–H and O–H groups in total. The lowest BCUT2D eigenvalue weighted by molar-refractivity contribution is 0.177. The largest absolute Gasteiger partial charge is 0.447 e. The van der Waals surface area contributed by atoms with Gasteiger partial charge in [-0.2, -0.15) is 4.98 Å². The Balaban J connectivity index is 1.49. The number of rotatable bonds is 6. The molecule has 0 saturated carbocycles. The molecule has 1 aliphatic rings. The first-order valence-electron chi connectivity index (χ1n) is 10.3. The average Bonchev–Trinajstić information content (AvgIpc) is 3.18. The van der Waals surface area contributed by atoms with E-state index in [1.165, 1.54) is 17.3 Å². The molecule has 0 radical (unpaired) electrons. The number of hydrogen-bond donors (Lipinski definition) is 1. The second kappa shape index (κ2) is 8.81. The van der Waals surface area contributed by atoms with Gasteiger partial charge >= 0.3 is 6.09 Å². The minimum absolute atomic E-state index is 0.138. The van der Waals surface area contributed by atoms with Crippen LogP contribution < -0.4 is 10.2 Å². The summed E-state index contributed by atoms with van der Waals surface area (Å²) in [5.74, 6) is 1.01. The zero-order valence-electron chi connectivity index (χ0n) is 18.3. The zero-order valence-corrected chi connectivity index (χ0v) is 18.3. The van der Waals surface area contributed by atoms with Crippen molar-refractivity contribution in [2.45, 2.75) is 39.8 Å². The van der Waals surface area contributed by atoms with Crippen LogP contribution >= 0.6 is 0 Å². The highest BCUT2D eigenvalue weighted by molar-refractivity contribution is 5.88. The standard InChI is InChI=1S/C22H24FN7O2/c1-12(2)18-10-32-22(31)30(18)21-27-11-26-20(29-21)28-14(4)19-24-8-16(9-25-19)15-5-6-17(23)13(3)7-15/h5-9,11-12,14,18H,10H2,1-4H3,(H,26,27,28,29)/t14?,18-/m1/s1. The van der Waals surface area contributed by atoms with Crippen molar-refractivity contribution in [2.24, 2.45) is 5.92 Å². The molecule has 32 heavy (non-hydrogen) atoms. The predicted molar refractivity (Wildman–Crippen MR) is 116 cm³/mol. The van der Waals surface area contributed by atoms with Gasteiger partial charge in [-0.15, -0.1) is 0 Å². The van der Waals surface area contributed by atoms with Crippen LogP contribution in [0, 0.1) is 18.7 Å². The van der Waals surface area contributed by atoms with Crippen LogP contribution in [0.25, 0.3) is 11.1 Å². The first-order chi connectivity index (χ1) is 15.3. The number of halogens is 1. The van der Waals surface area contributed by atoms with Crippen molar-refractivity contribution in [3.05, 3.63) is 54.1 Å². The molecule has 3 heterocycles. The molecule has 1 amide bonds. The van der Waals surface area contributed by atoms with Gasteiger partial charge in [0.25, 0.3) is 0 Å². The molecule has 10 heteroatoms. The van der Waals surface area contributed by atoms with Gasteiger partial charge in [0.05, 0.1) is 12.1 Å². The Hall–Kier alpha value is -3.69. The summed E-state index contributed by atoms with van der Waals surface area (Å²) in [6.07, 6.45) is 4.27. The molecule has 2 atom stereocenters. The van der Waals surface area contributed by atoms with Crippen molar-refractivity contribution in [2.75, 3.05) is 16.8 Å². The summed E-state index contributed by atoms with van der Waals surface area (Å²) in [4.78, 5) is 35.2. The fourth-order valence-corrected chi connectivity index (χ4v) is 3.42. The normalized spacial score (nSPS) is 16.9. The number of aromatic nitrogens is 5. The number of ether oxygens (including phenoxy) is 1. The Morgan fingerprint density at radius 3 is 2.56 bits per heavy atom. The Morgan fingerprint density at radius 2 is 1.88 bits per heavy atom. The van der Waals surface area contributed by atoms with Crippen molar-refractivity contribution in [1.82, 2.24) is 24.9 Å². The van der Waals surface area contributed by atoms with Gasteiger partial charge in [-0.25, -0.2) is 34.0 Å². The van der Waals surface area contributed by atoms with E-state index in [4.69, 9.17) is 4.74 Å². The summed E-state index contributed by atoms with van der Waals surface area (Å²) < 4.78 is 18.7. The fraction of sp³-hybridized carbons (Fsp3) is 0.364. The number of aryl methyl sites for hydroxylation is 1. The number of benzene rings is 1. The molecule has 4 rings (SSSR count). The molecule has 0 aliphatic carbocycles. The van der Waals surface area contributed by atoms with E-state index in [2.05, 4.69) is 30.2 Å².